The molecule has 0 saturated carbocycles. The number of methoxy groups -OCH3 is 1. The maximum atomic E-state index is 11.4. The maximum absolute atomic E-state index is 11.4. The largest absolute Gasteiger partial charge is 0.497 e. The highest BCUT2D eigenvalue weighted by Crippen LogP contribution is 2.13. The predicted octanol–water partition coefficient (Wildman–Crippen LogP) is 1.31. The van der Waals surface area contributed by atoms with Crippen LogP contribution in [0.5, 0.6) is 5.75 Å². The summed E-state index contributed by atoms with van der Waals surface area (Å²) in [4.78, 5) is 0. The number of sulfone groups is 1. The Morgan fingerprint density at radius 1 is 1.35 bits per heavy atom. The lowest BCUT2D eigenvalue weighted by atomic mass is 10.1. The summed E-state index contributed by atoms with van der Waals surface area (Å²) < 4.78 is 27.9. The van der Waals surface area contributed by atoms with E-state index in [1.54, 1.807) is 31.2 Å². The van der Waals surface area contributed by atoms with Crippen LogP contribution in [0.3, 0.4) is 0 Å². The highest BCUT2D eigenvalue weighted by Gasteiger charge is 2.15. The average molecular weight is 257 g/mol. The lowest BCUT2D eigenvalue weighted by Crippen LogP contribution is -2.18. The van der Waals surface area contributed by atoms with Crippen molar-refractivity contribution in [3.05, 3.63) is 29.8 Å². The molecule has 5 nitrogen and oxygen atoms in total. The van der Waals surface area contributed by atoms with Gasteiger partial charge in [0.15, 0.2) is 9.84 Å². The van der Waals surface area contributed by atoms with E-state index < -0.39 is 9.84 Å². The van der Waals surface area contributed by atoms with Gasteiger partial charge in [-0.3, -0.25) is 0 Å². The van der Waals surface area contributed by atoms with Crippen molar-refractivity contribution in [2.24, 2.45) is 5.16 Å². The van der Waals surface area contributed by atoms with E-state index >= 15 is 0 Å². The lowest BCUT2D eigenvalue weighted by molar-refractivity contribution is 0.319. The molecule has 0 atom stereocenters. The second kappa shape index (κ2) is 5.67. The molecule has 0 saturated heterocycles. The summed E-state index contributed by atoms with van der Waals surface area (Å²) in [5.41, 5.74) is 0.694. The van der Waals surface area contributed by atoms with Crippen LogP contribution in [0.1, 0.15) is 12.5 Å². The van der Waals surface area contributed by atoms with Gasteiger partial charge in [0.25, 0.3) is 0 Å². The Kier molecular flexibility index (Phi) is 4.51. The molecule has 1 N–H and O–H groups in total. The molecular weight excluding hydrogens is 242 g/mol. The first-order valence-electron chi connectivity index (χ1n) is 5.08. The molecule has 17 heavy (non-hydrogen) atoms. The van der Waals surface area contributed by atoms with Gasteiger partial charge in [0.05, 0.1) is 12.9 Å². The van der Waals surface area contributed by atoms with Gasteiger partial charge in [0.1, 0.15) is 11.5 Å². The summed E-state index contributed by atoms with van der Waals surface area (Å²) in [5.74, 6) is 0.401. The fraction of sp³-hybridized carbons (Fsp3) is 0.364. The zero-order valence-electron chi connectivity index (χ0n) is 9.75. The van der Waals surface area contributed by atoms with Crippen molar-refractivity contribution >= 4 is 15.5 Å². The Bertz CT molecular complexity index is 491. The average Bonchev–Trinajstić information content (AvgIpc) is 2.36. The molecule has 0 spiro atoms. The molecule has 0 aliphatic heterocycles. The van der Waals surface area contributed by atoms with Gasteiger partial charge in [-0.2, -0.15) is 0 Å². The van der Waals surface area contributed by atoms with Crippen molar-refractivity contribution < 1.29 is 18.4 Å². The summed E-state index contributed by atoms with van der Waals surface area (Å²) in [6.45, 7) is 1.55. The second-order valence-electron chi connectivity index (χ2n) is 3.45. The van der Waals surface area contributed by atoms with E-state index in [0.29, 0.717) is 11.3 Å². The summed E-state index contributed by atoms with van der Waals surface area (Å²) >= 11 is 0. The van der Waals surface area contributed by atoms with Crippen molar-refractivity contribution in [2.45, 2.75) is 6.92 Å². The summed E-state index contributed by atoms with van der Waals surface area (Å²) in [5, 5.41) is 11.9. The number of nitrogens with zero attached hydrogens (tertiary/aromatic N) is 1. The molecular formula is C11H15NO4S. The molecule has 0 aliphatic carbocycles. The molecule has 0 bridgehead atoms. The normalized spacial score (nSPS) is 12.5. The molecule has 0 aromatic heterocycles. The molecule has 1 rings (SSSR count). The fourth-order valence-electron chi connectivity index (χ4n) is 1.26. The van der Waals surface area contributed by atoms with Gasteiger partial charge in [-0.05, 0) is 24.3 Å². The van der Waals surface area contributed by atoms with Gasteiger partial charge in [0.2, 0.25) is 0 Å². The van der Waals surface area contributed by atoms with Crippen LogP contribution in [0.25, 0.3) is 0 Å². The topological polar surface area (TPSA) is 76.0 Å². The van der Waals surface area contributed by atoms with Crippen LogP contribution in [0.15, 0.2) is 29.4 Å². The minimum absolute atomic E-state index is 0.0160. The molecule has 0 heterocycles. The molecule has 0 unspecified atom stereocenters. The third-order valence-electron chi connectivity index (χ3n) is 2.34. The summed E-state index contributed by atoms with van der Waals surface area (Å²) in [6, 6.07) is 6.66. The minimum Gasteiger partial charge on any atom is -0.497 e. The Labute approximate surface area is 101 Å². The van der Waals surface area contributed by atoms with Crippen LogP contribution in [-0.4, -0.2) is 38.0 Å². The van der Waals surface area contributed by atoms with Gasteiger partial charge in [-0.25, -0.2) is 8.42 Å². The molecule has 0 radical (unpaired) electrons. The van der Waals surface area contributed by atoms with Gasteiger partial charge < -0.3 is 9.94 Å². The van der Waals surface area contributed by atoms with E-state index in [0.717, 1.165) is 0 Å². The zero-order chi connectivity index (χ0) is 12.9. The predicted molar refractivity (Wildman–Crippen MR) is 65.6 cm³/mol. The first-order chi connectivity index (χ1) is 8.02. The van der Waals surface area contributed by atoms with Gasteiger partial charge in [-0.1, -0.05) is 12.1 Å². The van der Waals surface area contributed by atoms with Crippen molar-refractivity contribution in [3.8, 4) is 5.75 Å². The Morgan fingerprint density at radius 2 is 1.94 bits per heavy atom. The second-order valence-corrected chi connectivity index (χ2v) is 5.80. The lowest BCUT2D eigenvalue weighted by Gasteiger charge is -2.06. The Balaban J connectivity index is 2.95. The number of benzene rings is 1. The molecule has 6 heteroatoms. The molecule has 0 aliphatic rings. The van der Waals surface area contributed by atoms with Gasteiger partial charge in [-0.15, -0.1) is 0 Å². The van der Waals surface area contributed by atoms with E-state index in [1.807, 2.05) is 0 Å². The Morgan fingerprint density at radius 3 is 2.35 bits per heavy atom. The van der Waals surface area contributed by atoms with Crippen LogP contribution in [0.4, 0.5) is 0 Å². The van der Waals surface area contributed by atoms with E-state index in [-0.39, 0.29) is 17.2 Å². The van der Waals surface area contributed by atoms with Crippen LogP contribution in [-0.2, 0) is 9.84 Å². The number of ether oxygens (including phenoxy) is 1. The summed E-state index contributed by atoms with van der Waals surface area (Å²) in [7, 11) is -1.68. The van der Waals surface area contributed by atoms with Crippen molar-refractivity contribution in [1.29, 1.82) is 0 Å². The van der Waals surface area contributed by atoms with E-state index in [9.17, 15) is 8.42 Å². The SMILES string of the molecule is CCS(=O)(=O)CC(=NO)c1ccc(OC)cc1. The highest BCUT2D eigenvalue weighted by atomic mass is 32.2. The third-order valence-corrected chi connectivity index (χ3v) is 3.93. The first kappa shape index (κ1) is 13.5. The highest BCUT2D eigenvalue weighted by molar-refractivity contribution is 7.92. The molecule has 1 aromatic carbocycles. The van der Waals surface area contributed by atoms with Gasteiger partial charge >= 0.3 is 0 Å². The number of oxime groups is 1. The van der Waals surface area contributed by atoms with E-state index in [1.165, 1.54) is 7.11 Å². The minimum atomic E-state index is -3.22. The van der Waals surface area contributed by atoms with Crippen LogP contribution >= 0.6 is 0 Å². The molecule has 0 amide bonds. The van der Waals surface area contributed by atoms with Crippen LogP contribution < -0.4 is 4.74 Å². The van der Waals surface area contributed by atoms with Crippen LogP contribution in [0.2, 0.25) is 0 Å². The maximum Gasteiger partial charge on any atom is 0.155 e. The molecule has 1 aromatic rings. The number of rotatable bonds is 5. The molecule has 0 fully saturated rings. The van der Waals surface area contributed by atoms with Crippen LogP contribution in [0, 0.1) is 0 Å². The number of hydrogen-bond donors (Lipinski definition) is 1. The monoisotopic (exact) mass is 257 g/mol. The summed E-state index contributed by atoms with van der Waals surface area (Å²) in [6.07, 6.45) is 0. The zero-order valence-corrected chi connectivity index (χ0v) is 10.6. The van der Waals surface area contributed by atoms with Crippen molar-refractivity contribution in [3.63, 3.8) is 0 Å². The standard InChI is InChI=1S/C11H15NO4S/c1-3-17(14,15)8-11(12-13)9-4-6-10(16-2)7-5-9/h4-7,13H,3,8H2,1-2H3. The van der Waals surface area contributed by atoms with Crippen molar-refractivity contribution in [2.75, 3.05) is 18.6 Å². The fourth-order valence-corrected chi connectivity index (χ4v) is 2.11. The first-order valence-corrected chi connectivity index (χ1v) is 6.90. The van der Waals surface area contributed by atoms with E-state index in [2.05, 4.69) is 5.16 Å². The van der Waals surface area contributed by atoms with Crippen molar-refractivity contribution in [1.82, 2.24) is 0 Å². The number of hydrogen-bond acceptors (Lipinski definition) is 5. The molecule has 94 valence electrons. The smallest absolute Gasteiger partial charge is 0.155 e. The Hall–Kier alpha value is -1.56. The quantitative estimate of drug-likeness (QED) is 0.490. The third kappa shape index (κ3) is 3.74. The van der Waals surface area contributed by atoms with Gasteiger partial charge in [0, 0.05) is 11.3 Å². The van der Waals surface area contributed by atoms with E-state index in [4.69, 9.17) is 9.94 Å².